The molecule has 1 aliphatic heterocycles. The highest BCUT2D eigenvalue weighted by Gasteiger charge is 2.37. The van der Waals surface area contributed by atoms with E-state index in [9.17, 15) is 4.79 Å². The number of rotatable bonds is 3. The van der Waals surface area contributed by atoms with Gasteiger partial charge in [0.1, 0.15) is 0 Å². The molecule has 0 aromatic heterocycles. The number of hydrogen-bond acceptors (Lipinski definition) is 3. The third-order valence-corrected chi connectivity index (χ3v) is 5.43. The Hall–Kier alpha value is -0.220. The van der Waals surface area contributed by atoms with Gasteiger partial charge in [-0.05, 0) is 49.0 Å². The van der Waals surface area contributed by atoms with E-state index < -0.39 is 5.54 Å². The second-order valence-corrected chi connectivity index (χ2v) is 7.35. The molecule has 1 saturated carbocycles. The molecule has 1 heterocycles. The van der Waals surface area contributed by atoms with E-state index >= 15 is 0 Å². The molecule has 0 aromatic rings. The Kier molecular flexibility index (Phi) is 4.96. The summed E-state index contributed by atoms with van der Waals surface area (Å²) in [4.78, 5) is 12.3. The largest absolute Gasteiger partial charge is 0.354 e. The van der Waals surface area contributed by atoms with Crippen molar-refractivity contribution in [1.82, 2.24) is 5.32 Å². The van der Waals surface area contributed by atoms with Crippen molar-refractivity contribution in [3.63, 3.8) is 0 Å². The van der Waals surface area contributed by atoms with Crippen LogP contribution in [0.15, 0.2) is 0 Å². The minimum atomic E-state index is -0.596. The smallest absolute Gasteiger partial charge is 0.240 e. The molecule has 1 saturated heterocycles. The minimum absolute atomic E-state index is 0.0901. The summed E-state index contributed by atoms with van der Waals surface area (Å²) in [5.41, 5.74) is 5.70. The molecule has 0 bridgehead atoms. The monoisotopic (exact) mass is 270 g/mol. The standard InChI is InChI=1S/C14H26N2OS/c1-11-3-2-6-14(15,9-11)13(17)16-10-12-4-7-18-8-5-12/h11-12H,2-10,15H2,1H3,(H,16,17). The van der Waals surface area contributed by atoms with Crippen LogP contribution in [0.2, 0.25) is 0 Å². The van der Waals surface area contributed by atoms with Crippen LogP contribution >= 0.6 is 11.8 Å². The van der Waals surface area contributed by atoms with E-state index in [4.69, 9.17) is 5.73 Å². The molecule has 2 aliphatic rings. The molecule has 2 unspecified atom stereocenters. The molecule has 18 heavy (non-hydrogen) atoms. The molecule has 0 spiro atoms. The molecule has 2 atom stereocenters. The van der Waals surface area contributed by atoms with Crippen molar-refractivity contribution >= 4 is 17.7 Å². The van der Waals surface area contributed by atoms with Crippen LogP contribution in [-0.4, -0.2) is 29.5 Å². The van der Waals surface area contributed by atoms with Gasteiger partial charge in [0.25, 0.3) is 0 Å². The number of hydrogen-bond donors (Lipinski definition) is 2. The van der Waals surface area contributed by atoms with Crippen LogP contribution in [0.25, 0.3) is 0 Å². The maximum atomic E-state index is 12.3. The van der Waals surface area contributed by atoms with Gasteiger partial charge in [0.05, 0.1) is 5.54 Å². The molecule has 1 amide bonds. The number of nitrogens with one attached hydrogen (secondary N) is 1. The maximum absolute atomic E-state index is 12.3. The highest BCUT2D eigenvalue weighted by atomic mass is 32.2. The second-order valence-electron chi connectivity index (χ2n) is 6.12. The average Bonchev–Trinajstić information content (AvgIpc) is 2.37. The Labute approximate surface area is 115 Å². The van der Waals surface area contributed by atoms with Gasteiger partial charge in [0.15, 0.2) is 0 Å². The molecule has 4 heteroatoms. The number of amides is 1. The van der Waals surface area contributed by atoms with E-state index in [-0.39, 0.29) is 5.91 Å². The van der Waals surface area contributed by atoms with Crippen LogP contribution in [0.5, 0.6) is 0 Å². The van der Waals surface area contributed by atoms with Crippen LogP contribution in [0, 0.1) is 11.8 Å². The lowest BCUT2D eigenvalue weighted by molar-refractivity contribution is -0.128. The summed E-state index contributed by atoms with van der Waals surface area (Å²) in [6.07, 6.45) is 6.47. The van der Waals surface area contributed by atoms with Crippen LogP contribution in [-0.2, 0) is 4.79 Å². The maximum Gasteiger partial charge on any atom is 0.240 e. The molecule has 3 N–H and O–H groups in total. The predicted octanol–water partition coefficient (Wildman–Crippen LogP) is 2.15. The molecule has 104 valence electrons. The number of thioether (sulfide) groups is 1. The average molecular weight is 270 g/mol. The molecule has 0 aromatic carbocycles. The molecular weight excluding hydrogens is 244 g/mol. The van der Waals surface area contributed by atoms with E-state index in [2.05, 4.69) is 12.2 Å². The van der Waals surface area contributed by atoms with Crippen molar-refractivity contribution in [2.45, 2.75) is 51.0 Å². The van der Waals surface area contributed by atoms with Gasteiger partial charge in [-0.25, -0.2) is 0 Å². The lowest BCUT2D eigenvalue weighted by Crippen LogP contribution is -2.56. The van der Waals surface area contributed by atoms with Gasteiger partial charge in [0, 0.05) is 6.54 Å². The second kappa shape index (κ2) is 6.29. The summed E-state index contributed by atoms with van der Waals surface area (Å²) in [6, 6.07) is 0. The molecule has 2 rings (SSSR count). The van der Waals surface area contributed by atoms with E-state index in [1.165, 1.54) is 30.8 Å². The molecule has 0 radical (unpaired) electrons. The Bertz CT molecular complexity index is 292. The Morgan fingerprint density at radius 3 is 2.78 bits per heavy atom. The Balaban J connectivity index is 1.79. The SMILES string of the molecule is CC1CCCC(N)(C(=O)NCC2CCSCC2)C1. The molecule has 3 nitrogen and oxygen atoms in total. The van der Waals surface area contributed by atoms with Crippen molar-refractivity contribution in [2.24, 2.45) is 17.6 Å². The predicted molar refractivity (Wildman–Crippen MR) is 77.6 cm³/mol. The highest BCUT2D eigenvalue weighted by molar-refractivity contribution is 7.99. The van der Waals surface area contributed by atoms with Gasteiger partial charge in [0.2, 0.25) is 5.91 Å². The summed E-state index contributed by atoms with van der Waals surface area (Å²) in [7, 11) is 0. The van der Waals surface area contributed by atoms with Gasteiger partial charge in [-0.3, -0.25) is 4.79 Å². The van der Waals surface area contributed by atoms with Gasteiger partial charge in [-0.15, -0.1) is 0 Å². The first-order valence-corrected chi connectivity index (χ1v) is 8.40. The Morgan fingerprint density at radius 2 is 2.11 bits per heavy atom. The van der Waals surface area contributed by atoms with Crippen molar-refractivity contribution in [1.29, 1.82) is 0 Å². The highest BCUT2D eigenvalue weighted by Crippen LogP contribution is 2.30. The van der Waals surface area contributed by atoms with Crippen LogP contribution < -0.4 is 11.1 Å². The summed E-state index contributed by atoms with van der Waals surface area (Å²) >= 11 is 2.02. The summed E-state index contributed by atoms with van der Waals surface area (Å²) in [5.74, 6) is 3.82. The first-order valence-electron chi connectivity index (χ1n) is 7.25. The number of nitrogens with two attached hydrogens (primary N) is 1. The quantitative estimate of drug-likeness (QED) is 0.826. The third-order valence-electron chi connectivity index (χ3n) is 4.38. The molecule has 2 fully saturated rings. The third kappa shape index (κ3) is 3.64. The van der Waals surface area contributed by atoms with E-state index in [1.807, 2.05) is 11.8 Å². The van der Waals surface area contributed by atoms with Crippen molar-refractivity contribution < 1.29 is 4.79 Å². The summed E-state index contributed by atoms with van der Waals surface area (Å²) in [5, 5.41) is 3.11. The minimum Gasteiger partial charge on any atom is -0.354 e. The van der Waals surface area contributed by atoms with Gasteiger partial charge >= 0.3 is 0 Å². The van der Waals surface area contributed by atoms with Crippen LogP contribution in [0.3, 0.4) is 0 Å². The fourth-order valence-electron chi connectivity index (χ4n) is 3.16. The fourth-order valence-corrected chi connectivity index (χ4v) is 4.37. The zero-order valence-electron chi connectivity index (χ0n) is 11.4. The van der Waals surface area contributed by atoms with E-state index in [1.54, 1.807) is 0 Å². The number of carbonyl (C=O) groups excluding carboxylic acids is 1. The van der Waals surface area contributed by atoms with Crippen molar-refractivity contribution in [3.05, 3.63) is 0 Å². The van der Waals surface area contributed by atoms with Gasteiger partial charge in [-0.2, -0.15) is 11.8 Å². The summed E-state index contributed by atoms with van der Waals surface area (Å²) < 4.78 is 0. The zero-order valence-corrected chi connectivity index (χ0v) is 12.2. The number of carbonyl (C=O) groups is 1. The van der Waals surface area contributed by atoms with Crippen LogP contribution in [0.4, 0.5) is 0 Å². The lowest BCUT2D eigenvalue weighted by atomic mass is 9.76. The van der Waals surface area contributed by atoms with Gasteiger partial charge < -0.3 is 11.1 Å². The summed E-state index contributed by atoms with van der Waals surface area (Å²) in [6.45, 7) is 3.03. The molecular formula is C14H26N2OS. The van der Waals surface area contributed by atoms with Gasteiger partial charge in [-0.1, -0.05) is 19.8 Å². The van der Waals surface area contributed by atoms with Crippen LogP contribution in [0.1, 0.15) is 45.4 Å². The topological polar surface area (TPSA) is 55.1 Å². The van der Waals surface area contributed by atoms with E-state index in [0.717, 1.165) is 25.8 Å². The molecule has 1 aliphatic carbocycles. The van der Waals surface area contributed by atoms with E-state index in [0.29, 0.717) is 11.8 Å². The lowest BCUT2D eigenvalue weighted by Gasteiger charge is -2.35. The fraction of sp³-hybridized carbons (Fsp3) is 0.929. The Morgan fingerprint density at radius 1 is 1.39 bits per heavy atom. The first-order chi connectivity index (χ1) is 8.60. The normalized spacial score (nSPS) is 34.2. The zero-order chi connectivity index (χ0) is 13.0. The van der Waals surface area contributed by atoms with Crippen molar-refractivity contribution in [3.8, 4) is 0 Å². The first kappa shape index (κ1) is 14.2. The van der Waals surface area contributed by atoms with Crippen molar-refractivity contribution in [2.75, 3.05) is 18.1 Å².